The Balaban J connectivity index is 1.09. The van der Waals surface area contributed by atoms with Crippen molar-refractivity contribution in [2.45, 2.75) is 51.8 Å². The Labute approximate surface area is 265 Å². The van der Waals surface area contributed by atoms with Crippen LogP contribution in [0.15, 0.2) is 97.5 Å². The lowest BCUT2D eigenvalue weighted by molar-refractivity contribution is -0.121. The Hall–Kier alpha value is -5.37. The molecule has 0 saturated carbocycles. The highest BCUT2D eigenvalue weighted by atomic mass is 16.5. The minimum atomic E-state index is -0.932. The quantitative estimate of drug-likeness (QED) is 0.202. The highest BCUT2D eigenvalue weighted by Gasteiger charge is 2.59. The van der Waals surface area contributed by atoms with Gasteiger partial charge in [0.15, 0.2) is 0 Å². The molecule has 2 aromatic heterocycles. The number of nitrogens with zero attached hydrogens (tertiary/aromatic N) is 2. The van der Waals surface area contributed by atoms with E-state index in [9.17, 15) is 9.59 Å². The summed E-state index contributed by atoms with van der Waals surface area (Å²) in [6.45, 7) is 8.71. The van der Waals surface area contributed by atoms with Gasteiger partial charge in [-0.3, -0.25) is 9.79 Å². The number of carbonyl (C=O) groups excluding carboxylic acids is 1. The minimum absolute atomic E-state index is 0.122. The zero-order valence-corrected chi connectivity index (χ0v) is 26.1. The zero-order chi connectivity index (χ0) is 31.8. The van der Waals surface area contributed by atoms with Gasteiger partial charge in [-0.15, -0.1) is 0 Å². The summed E-state index contributed by atoms with van der Waals surface area (Å²) in [6, 6.07) is 25.7. The van der Waals surface area contributed by atoms with Gasteiger partial charge >= 0.3 is 5.63 Å². The first-order valence-electron chi connectivity index (χ1n) is 15.5. The first kappa shape index (κ1) is 28.1. The maximum Gasteiger partial charge on any atom is 0.336 e. The van der Waals surface area contributed by atoms with Gasteiger partial charge < -0.3 is 23.8 Å². The molecular formula is C38H33N3O5. The minimum Gasteiger partial charge on any atom is -0.461 e. The maximum absolute atomic E-state index is 13.5. The number of furan rings is 1. The van der Waals surface area contributed by atoms with Gasteiger partial charge in [0.05, 0.1) is 17.0 Å². The fourth-order valence-electron chi connectivity index (χ4n) is 7.28. The summed E-state index contributed by atoms with van der Waals surface area (Å²) in [5.41, 5.74) is 3.85. The molecule has 2 aliphatic rings. The molecule has 46 heavy (non-hydrogen) atoms. The van der Waals surface area contributed by atoms with E-state index in [0.717, 1.165) is 44.2 Å². The molecule has 0 radical (unpaired) electrons. The van der Waals surface area contributed by atoms with Crippen molar-refractivity contribution < 1.29 is 18.4 Å². The van der Waals surface area contributed by atoms with Gasteiger partial charge in [0.2, 0.25) is 11.6 Å². The fourth-order valence-corrected chi connectivity index (χ4v) is 7.28. The third-order valence-corrected chi connectivity index (χ3v) is 9.76. The normalized spacial score (nSPS) is 17.9. The monoisotopic (exact) mass is 611 g/mol. The highest BCUT2D eigenvalue weighted by Crippen LogP contribution is 2.54. The van der Waals surface area contributed by atoms with Crippen molar-refractivity contribution in [1.29, 1.82) is 0 Å². The average molecular weight is 612 g/mol. The molecule has 0 bridgehead atoms. The molecule has 1 atom stereocenters. The van der Waals surface area contributed by atoms with E-state index < -0.39 is 16.8 Å². The standard InChI is InChI=1S/C38H33N3O5/c1-22-19-33(43)45-36-25(22)14-16-30-34(36)27(23(2)44-30)20-39-32(42)17-18-41-29-12-8-7-11-28(29)37(3,4)38(41)21-40-35-26-10-6-5-9-24(26)13-15-31(35)46-38/h5-16,19,21H,17-18,20H2,1-4H3,(H,39,42). The van der Waals surface area contributed by atoms with Gasteiger partial charge in [-0.25, -0.2) is 4.79 Å². The van der Waals surface area contributed by atoms with Crippen LogP contribution in [0.5, 0.6) is 5.75 Å². The molecule has 1 unspecified atom stereocenters. The molecule has 1 N–H and O–H groups in total. The van der Waals surface area contributed by atoms with E-state index in [-0.39, 0.29) is 18.9 Å². The van der Waals surface area contributed by atoms with E-state index >= 15 is 0 Å². The molecule has 8 heteroatoms. The number of fused-ring (bicyclic) bond motifs is 7. The Morgan fingerprint density at radius 2 is 1.74 bits per heavy atom. The number of para-hydroxylation sites is 1. The summed E-state index contributed by atoms with van der Waals surface area (Å²) in [5, 5.41) is 6.78. The first-order valence-corrected chi connectivity index (χ1v) is 15.5. The van der Waals surface area contributed by atoms with Crippen LogP contribution in [-0.2, 0) is 16.8 Å². The number of aryl methyl sites for hydroxylation is 2. The Kier molecular flexibility index (Phi) is 6.16. The van der Waals surface area contributed by atoms with Gasteiger partial charge in [0.1, 0.15) is 28.4 Å². The van der Waals surface area contributed by atoms with Crippen molar-refractivity contribution in [2.75, 3.05) is 11.4 Å². The number of ether oxygens (including phenoxy) is 1. The molecular weight excluding hydrogens is 578 g/mol. The van der Waals surface area contributed by atoms with Crippen LogP contribution in [0.3, 0.4) is 0 Å². The molecule has 0 fully saturated rings. The first-order chi connectivity index (χ1) is 22.2. The predicted octanol–water partition coefficient (Wildman–Crippen LogP) is 7.60. The van der Waals surface area contributed by atoms with Crippen molar-refractivity contribution in [3.05, 3.63) is 112 Å². The summed E-state index contributed by atoms with van der Waals surface area (Å²) >= 11 is 0. The van der Waals surface area contributed by atoms with Crippen molar-refractivity contribution in [3.63, 3.8) is 0 Å². The van der Waals surface area contributed by atoms with Gasteiger partial charge in [-0.05, 0) is 68.5 Å². The second-order valence-corrected chi connectivity index (χ2v) is 12.7. The second kappa shape index (κ2) is 10.1. The third-order valence-electron chi connectivity index (χ3n) is 9.76. The lowest BCUT2D eigenvalue weighted by Gasteiger charge is -2.46. The zero-order valence-electron chi connectivity index (χ0n) is 26.1. The van der Waals surface area contributed by atoms with Crippen LogP contribution < -0.4 is 20.6 Å². The number of nitrogens with one attached hydrogen (secondary N) is 1. The Bertz CT molecular complexity index is 2310. The lowest BCUT2D eigenvalue weighted by Crippen LogP contribution is -2.62. The number of hydrogen-bond donors (Lipinski definition) is 1. The summed E-state index contributed by atoms with van der Waals surface area (Å²) < 4.78 is 18.6. The van der Waals surface area contributed by atoms with Crippen LogP contribution >= 0.6 is 0 Å². The summed E-state index contributed by atoms with van der Waals surface area (Å²) in [6.07, 6.45) is 2.14. The van der Waals surface area contributed by atoms with Crippen molar-refractivity contribution >= 4 is 56.2 Å². The van der Waals surface area contributed by atoms with Crippen molar-refractivity contribution in [2.24, 2.45) is 4.99 Å². The molecule has 230 valence electrons. The number of amides is 1. The molecule has 8 rings (SSSR count). The second-order valence-electron chi connectivity index (χ2n) is 12.7. The number of anilines is 1. The van der Waals surface area contributed by atoms with Gasteiger partial charge in [-0.2, -0.15) is 0 Å². The molecule has 0 aliphatic carbocycles. The number of aliphatic imine (C=N–C) groups is 1. The van der Waals surface area contributed by atoms with Crippen LogP contribution in [-0.4, -0.2) is 24.4 Å². The van der Waals surface area contributed by atoms with Crippen LogP contribution in [0.2, 0.25) is 0 Å². The molecule has 1 spiro atoms. The number of benzene rings is 4. The number of carbonyl (C=O) groups is 1. The van der Waals surface area contributed by atoms with Crippen LogP contribution in [0.4, 0.5) is 11.4 Å². The van der Waals surface area contributed by atoms with Gasteiger partial charge in [-0.1, -0.05) is 48.5 Å². The molecule has 6 aromatic rings. The average Bonchev–Trinajstić information content (AvgIpc) is 3.46. The summed E-state index contributed by atoms with van der Waals surface area (Å²) in [4.78, 5) is 32.9. The summed E-state index contributed by atoms with van der Waals surface area (Å²) in [7, 11) is 0. The smallest absolute Gasteiger partial charge is 0.336 e. The number of hydrogen-bond acceptors (Lipinski definition) is 7. The number of rotatable bonds is 5. The molecule has 4 aromatic carbocycles. The van der Waals surface area contributed by atoms with E-state index in [0.29, 0.717) is 34.6 Å². The highest BCUT2D eigenvalue weighted by molar-refractivity contribution is 6.05. The van der Waals surface area contributed by atoms with Crippen LogP contribution in [0, 0.1) is 13.8 Å². The Morgan fingerprint density at radius 3 is 2.61 bits per heavy atom. The van der Waals surface area contributed by atoms with E-state index in [1.165, 1.54) is 6.07 Å². The largest absolute Gasteiger partial charge is 0.461 e. The van der Waals surface area contributed by atoms with E-state index in [1.807, 2.05) is 62.5 Å². The predicted molar refractivity (Wildman–Crippen MR) is 180 cm³/mol. The molecule has 0 saturated heterocycles. The summed E-state index contributed by atoms with van der Waals surface area (Å²) in [5.74, 6) is 1.26. The third kappa shape index (κ3) is 4.02. The lowest BCUT2D eigenvalue weighted by atomic mass is 9.77. The van der Waals surface area contributed by atoms with E-state index in [4.69, 9.17) is 18.6 Å². The van der Waals surface area contributed by atoms with E-state index in [2.05, 4.69) is 54.4 Å². The SMILES string of the molecule is Cc1oc2ccc3c(C)cc(=O)oc3c2c1CNC(=O)CCN1c2ccccc2C(C)(C)C12C=Nc1c(ccc3ccccc13)O2. The van der Waals surface area contributed by atoms with Crippen LogP contribution in [0.1, 0.15) is 42.7 Å². The fraction of sp³-hybridized carbons (Fsp3) is 0.237. The topological polar surface area (TPSA) is 97.3 Å². The molecule has 1 amide bonds. The Morgan fingerprint density at radius 1 is 0.935 bits per heavy atom. The van der Waals surface area contributed by atoms with Gasteiger partial charge in [0, 0.05) is 47.6 Å². The van der Waals surface area contributed by atoms with Crippen molar-refractivity contribution in [3.8, 4) is 5.75 Å². The van der Waals surface area contributed by atoms with Crippen molar-refractivity contribution in [1.82, 2.24) is 5.32 Å². The van der Waals surface area contributed by atoms with E-state index in [1.54, 1.807) is 0 Å². The maximum atomic E-state index is 13.5. The molecule has 8 nitrogen and oxygen atoms in total. The molecule has 4 heterocycles. The van der Waals surface area contributed by atoms with Crippen LogP contribution in [0.25, 0.3) is 32.7 Å². The van der Waals surface area contributed by atoms with Gasteiger partial charge in [0.25, 0.3) is 0 Å². The molecule has 2 aliphatic heterocycles.